The van der Waals surface area contributed by atoms with Crippen LogP contribution in [0.25, 0.3) is 0 Å². The Labute approximate surface area is 66.5 Å². The van der Waals surface area contributed by atoms with Crippen LogP contribution in [-0.2, 0) is 0 Å². The fourth-order valence-electron chi connectivity index (χ4n) is 1.76. The van der Waals surface area contributed by atoms with Crippen LogP contribution < -0.4 is 0 Å². The van der Waals surface area contributed by atoms with E-state index in [0.29, 0.717) is 5.92 Å². The van der Waals surface area contributed by atoms with Crippen LogP contribution >= 0.6 is 0 Å². The molecule has 1 aliphatic carbocycles. The van der Waals surface area contributed by atoms with E-state index in [1.807, 2.05) is 0 Å². The van der Waals surface area contributed by atoms with Crippen LogP contribution in [0, 0.1) is 11.3 Å². The lowest BCUT2D eigenvalue weighted by Gasteiger charge is -2.24. The van der Waals surface area contributed by atoms with E-state index < -0.39 is 0 Å². The Hall–Kier alpha value is -0.920. The van der Waals surface area contributed by atoms with Crippen molar-refractivity contribution in [3.05, 3.63) is 12.2 Å². The van der Waals surface area contributed by atoms with Crippen molar-refractivity contribution in [2.75, 3.05) is 6.54 Å². The second kappa shape index (κ2) is 2.61. The van der Waals surface area contributed by atoms with Gasteiger partial charge in [0.2, 0.25) is 0 Å². The van der Waals surface area contributed by atoms with Crippen molar-refractivity contribution in [2.45, 2.75) is 19.3 Å². The highest BCUT2D eigenvalue weighted by Gasteiger charge is 2.23. The first-order valence-electron chi connectivity index (χ1n) is 4.17. The third-order valence-corrected chi connectivity index (χ3v) is 2.34. The molecule has 0 amide bonds. The van der Waals surface area contributed by atoms with Crippen molar-refractivity contribution in [3.63, 3.8) is 0 Å². The summed E-state index contributed by atoms with van der Waals surface area (Å²) in [5.41, 5.74) is 1.82. The monoisotopic (exact) mass is 148 g/mol. The Morgan fingerprint density at radius 3 is 3.27 bits per heavy atom. The van der Waals surface area contributed by atoms with E-state index in [1.165, 1.54) is 6.42 Å². The average Bonchev–Trinajstić information content (AvgIpc) is 2.06. The molecule has 1 heterocycles. The SMILES string of the molecule is N=C1CCCC2C=CCN=C12. The van der Waals surface area contributed by atoms with Crippen LogP contribution in [0.1, 0.15) is 19.3 Å². The smallest absolute Gasteiger partial charge is 0.0628 e. The van der Waals surface area contributed by atoms with Crippen molar-refractivity contribution in [3.8, 4) is 0 Å². The third kappa shape index (κ3) is 1.13. The van der Waals surface area contributed by atoms with Gasteiger partial charge in [-0.05, 0) is 19.3 Å². The summed E-state index contributed by atoms with van der Waals surface area (Å²) in [6, 6.07) is 0. The van der Waals surface area contributed by atoms with Gasteiger partial charge >= 0.3 is 0 Å². The Balaban J connectivity index is 2.25. The first-order valence-corrected chi connectivity index (χ1v) is 4.17. The molecule has 0 aromatic heterocycles. The van der Waals surface area contributed by atoms with Gasteiger partial charge in [0.25, 0.3) is 0 Å². The third-order valence-electron chi connectivity index (χ3n) is 2.34. The number of nitrogens with one attached hydrogen (secondary N) is 1. The molecule has 1 unspecified atom stereocenters. The van der Waals surface area contributed by atoms with E-state index in [9.17, 15) is 0 Å². The van der Waals surface area contributed by atoms with Gasteiger partial charge in [-0.3, -0.25) is 4.99 Å². The van der Waals surface area contributed by atoms with Crippen molar-refractivity contribution in [2.24, 2.45) is 10.9 Å². The van der Waals surface area contributed by atoms with E-state index in [1.54, 1.807) is 0 Å². The molecule has 0 aromatic rings. The summed E-state index contributed by atoms with van der Waals surface area (Å²) >= 11 is 0. The minimum absolute atomic E-state index is 0.477. The molecule has 1 N–H and O–H groups in total. The molecule has 2 heteroatoms. The summed E-state index contributed by atoms with van der Waals surface area (Å²) in [6.07, 6.45) is 7.59. The van der Waals surface area contributed by atoms with Gasteiger partial charge < -0.3 is 5.41 Å². The van der Waals surface area contributed by atoms with E-state index in [-0.39, 0.29) is 0 Å². The number of aliphatic imine (C=N–C) groups is 1. The van der Waals surface area contributed by atoms with Crippen LogP contribution in [0.2, 0.25) is 0 Å². The molecule has 0 aromatic carbocycles. The summed E-state index contributed by atoms with van der Waals surface area (Å²) in [6.45, 7) is 0.786. The van der Waals surface area contributed by atoms with Crippen LogP contribution in [0.5, 0.6) is 0 Å². The van der Waals surface area contributed by atoms with Crippen LogP contribution in [-0.4, -0.2) is 18.0 Å². The van der Waals surface area contributed by atoms with Gasteiger partial charge in [-0.2, -0.15) is 0 Å². The molecule has 2 aliphatic rings. The molecule has 1 saturated carbocycles. The minimum atomic E-state index is 0.477. The molecule has 2 rings (SSSR count). The van der Waals surface area contributed by atoms with Gasteiger partial charge in [0.1, 0.15) is 0 Å². The first kappa shape index (κ1) is 6.77. The second-order valence-corrected chi connectivity index (χ2v) is 3.13. The lowest BCUT2D eigenvalue weighted by atomic mass is 9.84. The Morgan fingerprint density at radius 2 is 2.45 bits per heavy atom. The second-order valence-electron chi connectivity index (χ2n) is 3.13. The lowest BCUT2D eigenvalue weighted by Crippen LogP contribution is -2.28. The number of nitrogens with zero attached hydrogens (tertiary/aromatic N) is 1. The van der Waals surface area contributed by atoms with Gasteiger partial charge in [-0.1, -0.05) is 12.2 Å². The molecular weight excluding hydrogens is 136 g/mol. The zero-order valence-electron chi connectivity index (χ0n) is 6.51. The summed E-state index contributed by atoms with van der Waals surface area (Å²) in [5.74, 6) is 0.477. The number of hydrogen-bond acceptors (Lipinski definition) is 2. The number of allylic oxidation sites excluding steroid dienone is 1. The quantitative estimate of drug-likeness (QED) is 0.509. The Bertz CT molecular complexity index is 238. The summed E-state index contributed by atoms with van der Waals surface area (Å²) in [5, 5.41) is 7.65. The number of hydrogen-bond donors (Lipinski definition) is 1. The topological polar surface area (TPSA) is 36.2 Å². The molecule has 0 saturated heterocycles. The zero-order chi connectivity index (χ0) is 7.68. The molecule has 58 valence electrons. The highest BCUT2D eigenvalue weighted by atomic mass is 14.8. The van der Waals surface area contributed by atoms with Gasteiger partial charge in [0.15, 0.2) is 0 Å². The number of rotatable bonds is 0. The van der Waals surface area contributed by atoms with Crippen LogP contribution in [0.4, 0.5) is 0 Å². The molecular formula is C9H12N2. The van der Waals surface area contributed by atoms with Crippen LogP contribution in [0.3, 0.4) is 0 Å². The average molecular weight is 148 g/mol. The maximum atomic E-state index is 7.65. The standard InChI is InChI=1S/C9H12N2/c10-8-5-1-3-7-4-2-6-11-9(7)8/h2,4,7,10H,1,3,5-6H2. The predicted molar refractivity (Wildman–Crippen MR) is 46.5 cm³/mol. The number of dihydropyridines is 1. The fourth-order valence-corrected chi connectivity index (χ4v) is 1.76. The van der Waals surface area contributed by atoms with Crippen molar-refractivity contribution in [1.29, 1.82) is 5.41 Å². The normalized spacial score (nSPS) is 29.6. The Morgan fingerprint density at radius 1 is 1.55 bits per heavy atom. The van der Waals surface area contributed by atoms with Crippen molar-refractivity contribution < 1.29 is 0 Å². The fraction of sp³-hybridized carbons (Fsp3) is 0.556. The maximum Gasteiger partial charge on any atom is 0.0628 e. The Kier molecular flexibility index (Phi) is 1.60. The molecule has 11 heavy (non-hydrogen) atoms. The highest BCUT2D eigenvalue weighted by Crippen LogP contribution is 2.22. The highest BCUT2D eigenvalue weighted by molar-refractivity contribution is 6.42. The maximum absolute atomic E-state index is 7.65. The predicted octanol–water partition coefficient (Wildman–Crippen LogP) is 1.82. The van der Waals surface area contributed by atoms with Crippen LogP contribution in [0.15, 0.2) is 17.1 Å². The molecule has 0 spiro atoms. The van der Waals surface area contributed by atoms with Gasteiger partial charge in [-0.25, -0.2) is 0 Å². The van der Waals surface area contributed by atoms with Gasteiger partial charge in [0.05, 0.1) is 18.0 Å². The van der Waals surface area contributed by atoms with E-state index >= 15 is 0 Å². The molecule has 0 radical (unpaired) electrons. The number of fused-ring (bicyclic) bond motifs is 1. The van der Waals surface area contributed by atoms with Gasteiger partial charge in [-0.15, -0.1) is 0 Å². The van der Waals surface area contributed by atoms with Gasteiger partial charge in [0, 0.05) is 5.92 Å². The summed E-state index contributed by atoms with van der Waals surface area (Å²) in [4.78, 5) is 4.34. The molecule has 1 aliphatic heterocycles. The largest absolute Gasteiger partial charge is 0.303 e. The van der Waals surface area contributed by atoms with E-state index in [0.717, 1.165) is 30.8 Å². The molecule has 1 atom stereocenters. The van der Waals surface area contributed by atoms with Crippen molar-refractivity contribution >= 4 is 11.4 Å². The minimum Gasteiger partial charge on any atom is -0.303 e. The van der Waals surface area contributed by atoms with E-state index in [4.69, 9.17) is 5.41 Å². The first-order chi connectivity index (χ1) is 5.38. The summed E-state index contributed by atoms with van der Waals surface area (Å²) < 4.78 is 0. The lowest BCUT2D eigenvalue weighted by molar-refractivity contribution is 0.670. The van der Waals surface area contributed by atoms with Crippen molar-refractivity contribution in [1.82, 2.24) is 0 Å². The van der Waals surface area contributed by atoms with E-state index in [2.05, 4.69) is 17.1 Å². The molecule has 2 nitrogen and oxygen atoms in total. The summed E-state index contributed by atoms with van der Waals surface area (Å²) in [7, 11) is 0. The molecule has 0 bridgehead atoms. The zero-order valence-corrected chi connectivity index (χ0v) is 6.51. The molecule has 1 fully saturated rings.